The van der Waals surface area contributed by atoms with Crippen LogP contribution in [0, 0.1) is 7.14 Å². The van der Waals surface area contributed by atoms with Crippen molar-refractivity contribution in [2.45, 2.75) is 13.2 Å². The van der Waals surface area contributed by atoms with Gasteiger partial charge in [-0.15, -0.1) is 0 Å². The van der Waals surface area contributed by atoms with Gasteiger partial charge in [0.2, 0.25) is 0 Å². The highest BCUT2D eigenvalue weighted by molar-refractivity contribution is 14.1. The lowest BCUT2D eigenvalue weighted by atomic mass is 10.0. The molecule has 0 aliphatic carbocycles. The molecule has 0 bridgehead atoms. The van der Waals surface area contributed by atoms with Crippen LogP contribution in [0.3, 0.4) is 0 Å². The van der Waals surface area contributed by atoms with Gasteiger partial charge < -0.3 is 4.74 Å². The maximum absolute atomic E-state index is 5.56. The summed E-state index contributed by atoms with van der Waals surface area (Å²) in [4.78, 5) is 0. The first-order chi connectivity index (χ1) is 8.27. The normalized spacial score (nSPS) is 13.8. The van der Waals surface area contributed by atoms with Crippen molar-refractivity contribution in [1.82, 2.24) is 0 Å². The van der Waals surface area contributed by atoms with Crippen LogP contribution < -0.4 is 0 Å². The zero-order valence-electron chi connectivity index (χ0n) is 9.04. The highest BCUT2D eigenvalue weighted by atomic mass is 127. The molecule has 0 amide bonds. The van der Waals surface area contributed by atoms with Gasteiger partial charge in [-0.2, -0.15) is 0 Å². The summed E-state index contributed by atoms with van der Waals surface area (Å²) in [6.45, 7) is 1.52. The molecule has 0 atom stereocenters. The van der Waals surface area contributed by atoms with Gasteiger partial charge in [0.15, 0.2) is 0 Å². The Kier molecular flexibility index (Phi) is 3.40. The monoisotopic (exact) mass is 448 g/mol. The lowest BCUT2D eigenvalue weighted by molar-refractivity contribution is 0.134. The van der Waals surface area contributed by atoms with Gasteiger partial charge in [-0.25, -0.2) is 0 Å². The molecule has 0 aromatic heterocycles. The Morgan fingerprint density at radius 3 is 2.41 bits per heavy atom. The van der Waals surface area contributed by atoms with E-state index in [1.807, 2.05) is 0 Å². The minimum atomic E-state index is 0.754. The maximum atomic E-state index is 5.56. The highest BCUT2D eigenvalue weighted by Gasteiger charge is 2.20. The van der Waals surface area contributed by atoms with Gasteiger partial charge in [0.1, 0.15) is 0 Å². The lowest BCUT2D eigenvalue weighted by Crippen LogP contribution is -1.95. The third-order valence-electron chi connectivity index (χ3n) is 3.00. The molecule has 0 spiro atoms. The number of ether oxygens (including phenoxy) is 1. The number of benzene rings is 2. The van der Waals surface area contributed by atoms with Gasteiger partial charge >= 0.3 is 0 Å². The van der Waals surface area contributed by atoms with Crippen LogP contribution >= 0.6 is 45.2 Å². The Balaban J connectivity index is 2.23. The molecule has 3 rings (SSSR count). The van der Waals surface area contributed by atoms with Gasteiger partial charge in [-0.3, -0.25) is 0 Å². The summed E-state index contributed by atoms with van der Waals surface area (Å²) >= 11 is 4.86. The van der Waals surface area contributed by atoms with Crippen LogP contribution in [0.5, 0.6) is 0 Å². The minimum Gasteiger partial charge on any atom is -0.372 e. The SMILES string of the molecule is Ic1cc(-c2ccccc2)c(I)c2c1COC2. The molecule has 0 saturated heterocycles. The summed E-state index contributed by atoms with van der Waals surface area (Å²) in [5.74, 6) is 0. The summed E-state index contributed by atoms with van der Waals surface area (Å²) in [5.41, 5.74) is 5.34. The maximum Gasteiger partial charge on any atom is 0.0735 e. The van der Waals surface area contributed by atoms with E-state index in [1.54, 1.807) is 0 Å². The molecule has 0 saturated carbocycles. The van der Waals surface area contributed by atoms with E-state index in [9.17, 15) is 0 Å². The number of hydrogen-bond donors (Lipinski definition) is 0. The van der Waals surface area contributed by atoms with E-state index in [-0.39, 0.29) is 0 Å². The van der Waals surface area contributed by atoms with Crippen LogP contribution in [0.25, 0.3) is 11.1 Å². The topological polar surface area (TPSA) is 9.23 Å². The number of fused-ring (bicyclic) bond motifs is 1. The van der Waals surface area contributed by atoms with Crippen molar-refractivity contribution in [3.63, 3.8) is 0 Å². The van der Waals surface area contributed by atoms with Crippen LogP contribution in [-0.2, 0) is 18.0 Å². The van der Waals surface area contributed by atoms with Gasteiger partial charge in [-0.1, -0.05) is 30.3 Å². The number of hydrogen-bond acceptors (Lipinski definition) is 1. The average Bonchev–Trinajstić information content (AvgIpc) is 2.85. The van der Waals surface area contributed by atoms with E-state index in [1.165, 1.54) is 29.4 Å². The molecular weight excluding hydrogens is 438 g/mol. The Labute approximate surface area is 128 Å². The Bertz CT molecular complexity index is 564. The summed E-state index contributed by atoms with van der Waals surface area (Å²) in [6.07, 6.45) is 0. The molecule has 1 aliphatic heterocycles. The molecule has 86 valence electrons. The van der Waals surface area contributed by atoms with Crippen molar-refractivity contribution in [3.8, 4) is 11.1 Å². The van der Waals surface area contributed by atoms with Gasteiger partial charge in [0.25, 0.3) is 0 Å². The summed E-state index contributed by atoms with van der Waals surface area (Å²) in [6, 6.07) is 12.8. The van der Waals surface area contributed by atoms with Crippen LogP contribution in [0.1, 0.15) is 11.1 Å². The van der Waals surface area contributed by atoms with Gasteiger partial charge in [0.05, 0.1) is 13.2 Å². The number of halogens is 2. The van der Waals surface area contributed by atoms with E-state index in [0.29, 0.717) is 0 Å². The largest absolute Gasteiger partial charge is 0.372 e. The molecule has 0 radical (unpaired) electrons. The van der Waals surface area contributed by atoms with Crippen molar-refractivity contribution in [3.05, 3.63) is 54.7 Å². The Morgan fingerprint density at radius 2 is 1.65 bits per heavy atom. The van der Waals surface area contributed by atoms with E-state index >= 15 is 0 Å². The first kappa shape index (κ1) is 11.9. The fourth-order valence-electron chi connectivity index (χ4n) is 2.11. The summed E-state index contributed by atoms with van der Waals surface area (Å²) in [5, 5.41) is 0. The molecule has 1 aliphatic rings. The molecule has 0 N–H and O–H groups in total. The third kappa shape index (κ3) is 2.13. The standard InChI is InChI=1S/C14H10I2O/c15-13-6-10(9-4-2-1-3-5-9)14(16)12-8-17-7-11(12)13/h1-6H,7-8H2. The zero-order chi connectivity index (χ0) is 11.8. The fraction of sp³-hybridized carbons (Fsp3) is 0.143. The first-order valence-electron chi connectivity index (χ1n) is 5.40. The van der Waals surface area contributed by atoms with Crippen molar-refractivity contribution in [2.75, 3.05) is 0 Å². The molecule has 1 nitrogen and oxygen atoms in total. The van der Waals surface area contributed by atoms with Crippen LogP contribution in [-0.4, -0.2) is 0 Å². The minimum absolute atomic E-state index is 0.754. The second kappa shape index (κ2) is 4.85. The highest BCUT2D eigenvalue weighted by Crippen LogP contribution is 2.36. The lowest BCUT2D eigenvalue weighted by Gasteiger charge is -2.11. The van der Waals surface area contributed by atoms with E-state index in [0.717, 1.165) is 13.2 Å². The van der Waals surface area contributed by atoms with Crippen molar-refractivity contribution < 1.29 is 4.74 Å². The molecular formula is C14H10I2O. The Morgan fingerprint density at radius 1 is 0.941 bits per heavy atom. The van der Waals surface area contributed by atoms with Crippen molar-refractivity contribution in [2.24, 2.45) is 0 Å². The predicted molar refractivity (Wildman–Crippen MR) is 85.8 cm³/mol. The van der Waals surface area contributed by atoms with Crippen LogP contribution in [0.15, 0.2) is 36.4 Å². The number of rotatable bonds is 1. The third-order valence-corrected chi connectivity index (χ3v) is 5.20. The molecule has 2 aromatic rings. The average molecular weight is 448 g/mol. The summed E-state index contributed by atoms with van der Waals surface area (Å²) in [7, 11) is 0. The van der Waals surface area contributed by atoms with Crippen molar-refractivity contribution >= 4 is 45.2 Å². The Hall–Kier alpha value is -0.140. The quantitative estimate of drug-likeness (QED) is 0.581. The molecule has 3 heteroatoms. The predicted octanol–water partition coefficient (Wildman–Crippen LogP) is 4.59. The molecule has 1 heterocycles. The smallest absolute Gasteiger partial charge is 0.0735 e. The molecule has 0 fully saturated rings. The molecule has 17 heavy (non-hydrogen) atoms. The van der Waals surface area contributed by atoms with Gasteiger partial charge in [-0.05, 0) is 73.5 Å². The fourth-order valence-corrected chi connectivity index (χ4v) is 3.85. The molecule has 2 aromatic carbocycles. The van der Waals surface area contributed by atoms with E-state index in [2.05, 4.69) is 81.6 Å². The molecule has 0 unspecified atom stereocenters. The second-order valence-electron chi connectivity index (χ2n) is 4.04. The van der Waals surface area contributed by atoms with E-state index < -0.39 is 0 Å². The summed E-state index contributed by atoms with van der Waals surface area (Å²) < 4.78 is 8.21. The van der Waals surface area contributed by atoms with Crippen molar-refractivity contribution in [1.29, 1.82) is 0 Å². The zero-order valence-corrected chi connectivity index (χ0v) is 13.4. The van der Waals surface area contributed by atoms with Crippen LogP contribution in [0.2, 0.25) is 0 Å². The van der Waals surface area contributed by atoms with E-state index in [4.69, 9.17) is 4.74 Å². The van der Waals surface area contributed by atoms with Gasteiger partial charge in [0, 0.05) is 7.14 Å². The second-order valence-corrected chi connectivity index (χ2v) is 6.28. The van der Waals surface area contributed by atoms with Crippen LogP contribution in [0.4, 0.5) is 0 Å². The first-order valence-corrected chi connectivity index (χ1v) is 7.56.